The van der Waals surface area contributed by atoms with E-state index < -0.39 is 11.8 Å². The van der Waals surface area contributed by atoms with Gasteiger partial charge in [0.25, 0.3) is 0 Å². The van der Waals surface area contributed by atoms with E-state index in [0.717, 1.165) is 0 Å². The zero-order valence-corrected chi connectivity index (χ0v) is 9.12. The fourth-order valence-electron chi connectivity index (χ4n) is 0.880. The zero-order chi connectivity index (χ0) is 12.0. The minimum absolute atomic E-state index is 0.0445. The van der Waals surface area contributed by atoms with Crippen LogP contribution in [0, 0.1) is 0 Å². The summed E-state index contributed by atoms with van der Waals surface area (Å²) in [4.78, 5) is 33.1. The van der Waals surface area contributed by atoms with Gasteiger partial charge in [-0.2, -0.15) is 0 Å². The standard InChI is InChI=1S/C10H15NO4/c1-4-15-10(14)7(3)9(11)8(13)5-6(2)12/h4-5,11H2,1-3H3. The smallest absolute Gasteiger partial charge is 0.335 e. The van der Waals surface area contributed by atoms with Crippen LogP contribution in [0.2, 0.25) is 0 Å². The molecule has 0 bridgehead atoms. The molecule has 0 aromatic heterocycles. The molecule has 0 rings (SSSR count). The van der Waals surface area contributed by atoms with E-state index in [1.165, 1.54) is 13.8 Å². The van der Waals surface area contributed by atoms with Crippen LogP contribution < -0.4 is 5.73 Å². The van der Waals surface area contributed by atoms with Crippen molar-refractivity contribution in [1.82, 2.24) is 0 Å². The molecule has 0 aromatic carbocycles. The van der Waals surface area contributed by atoms with Crippen LogP contribution >= 0.6 is 0 Å². The predicted octanol–water partition coefficient (Wildman–Crippen LogP) is 0.330. The highest BCUT2D eigenvalue weighted by atomic mass is 16.5. The maximum atomic E-state index is 11.3. The molecule has 0 radical (unpaired) electrons. The number of carbonyl (C=O) groups excluding carboxylic acids is 3. The lowest BCUT2D eigenvalue weighted by Crippen LogP contribution is -2.20. The Morgan fingerprint density at radius 1 is 1.20 bits per heavy atom. The molecule has 0 aliphatic heterocycles. The summed E-state index contributed by atoms with van der Waals surface area (Å²) in [6, 6.07) is 0. The SMILES string of the molecule is CCOC(=O)C(C)=C(N)C(=O)CC(C)=O. The van der Waals surface area contributed by atoms with Crippen LogP contribution in [0.15, 0.2) is 11.3 Å². The van der Waals surface area contributed by atoms with Gasteiger partial charge in [0, 0.05) is 0 Å². The molecule has 0 aromatic rings. The van der Waals surface area contributed by atoms with E-state index in [1.807, 2.05) is 0 Å². The van der Waals surface area contributed by atoms with Gasteiger partial charge in [-0.1, -0.05) is 0 Å². The second kappa shape index (κ2) is 5.95. The van der Waals surface area contributed by atoms with Crippen molar-refractivity contribution in [2.45, 2.75) is 27.2 Å². The summed E-state index contributed by atoms with van der Waals surface area (Å²) in [6.45, 7) is 4.54. The van der Waals surface area contributed by atoms with Crippen LogP contribution in [-0.4, -0.2) is 24.1 Å². The highest BCUT2D eigenvalue weighted by molar-refractivity contribution is 6.09. The first-order valence-corrected chi connectivity index (χ1v) is 4.56. The molecule has 0 spiro atoms. The first kappa shape index (κ1) is 13.4. The van der Waals surface area contributed by atoms with Crippen LogP contribution in [0.3, 0.4) is 0 Å². The molecule has 0 aliphatic rings. The van der Waals surface area contributed by atoms with E-state index in [4.69, 9.17) is 5.73 Å². The minimum Gasteiger partial charge on any atom is -0.463 e. The first-order valence-electron chi connectivity index (χ1n) is 4.56. The topological polar surface area (TPSA) is 86.5 Å². The Bertz CT molecular complexity index is 317. The predicted molar refractivity (Wildman–Crippen MR) is 53.8 cm³/mol. The van der Waals surface area contributed by atoms with E-state index in [0.29, 0.717) is 0 Å². The lowest BCUT2D eigenvalue weighted by atomic mass is 10.1. The highest BCUT2D eigenvalue weighted by Gasteiger charge is 2.16. The Kier molecular flexibility index (Phi) is 5.30. The average molecular weight is 213 g/mol. The summed E-state index contributed by atoms with van der Waals surface area (Å²) in [5, 5.41) is 0. The normalized spacial score (nSPS) is 11.7. The van der Waals surface area contributed by atoms with Gasteiger partial charge < -0.3 is 10.5 Å². The number of hydrogen-bond donors (Lipinski definition) is 1. The maximum Gasteiger partial charge on any atom is 0.335 e. The van der Waals surface area contributed by atoms with Crippen molar-refractivity contribution >= 4 is 17.5 Å². The van der Waals surface area contributed by atoms with E-state index in [2.05, 4.69) is 4.74 Å². The average Bonchev–Trinajstić information content (AvgIpc) is 2.14. The lowest BCUT2D eigenvalue weighted by molar-refractivity contribution is -0.139. The van der Waals surface area contributed by atoms with Crippen molar-refractivity contribution in [1.29, 1.82) is 0 Å². The van der Waals surface area contributed by atoms with E-state index >= 15 is 0 Å². The van der Waals surface area contributed by atoms with Crippen LogP contribution in [-0.2, 0) is 19.1 Å². The summed E-state index contributed by atoms with van der Waals surface area (Å²) in [7, 11) is 0. The van der Waals surface area contributed by atoms with Crippen molar-refractivity contribution in [2.24, 2.45) is 5.73 Å². The molecule has 0 saturated heterocycles. The first-order chi connectivity index (χ1) is 6.90. The van der Waals surface area contributed by atoms with Gasteiger partial charge in [-0.25, -0.2) is 4.79 Å². The molecule has 0 fully saturated rings. The number of ketones is 2. The monoisotopic (exact) mass is 213 g/mol. The number of Topliss-reactive ketones (excluding diaryl/α,β-unsaturated/α-hetero) is 2. The zero-order valence-electron chi connectivity index (χ0n) is 9.12. The van der Waals surface area contributed by atoms with Crippen LogP contribution in [0.4, 0.5) is 0 Å². The van der Waals surface area contributed by atoms with Crippen LogP contribution in [0.5, 0.6) is 0 Å². The van der Waals surface area contributed by atoms with Crippen molar-refractivity contribution in [2.75, 3.05) is 6.61 Å². The molecule has 0 amide bonds. The second-order valence-electron chi connectivity index (χ2n) is 3.06. The molecule has 84 valence electrons. The second-order valence-corrected chi connectivity index (χ2v) is 3.06. The van der Waals surface area contributed by atoms with Gasteiger partial charge in [0.2, 0.25) is 0 Å². The molecule has 5 nitrogen and oxygen atoms in total. The molecule has 0 atom stereocenters. The minimum atomic E-state index is -0.632. The molecule has 0 saturated carbocycles. The maximum absolute atomic E-state index is 11.3. The third kappa shape index (κ3) is 4.39. The third-order valence-electron chi connectivity index (χ3n) is 1.70. The van der Waals surface area contributed by atoms with Gasteiger partial charge in [0.15, 0.2) is 5.78 Å². The van der Waals surface area contributed by atoms with E-state index in [-0.39, 0.29) is 30.1 Å². The van der Waals surface area contributed by atoms with Crippen LogP contribution in [0.25, 0.3) is 0 Å². The Hall–Kier alpha value is -1.65. The number of carbonyl (C=O) groups is 3. The van der Waals surface area contributed by atoms with Crippen molar-refractivity contribution in [3.63, 3.8) is 0 Å². The van der Waals surface area contributed by atoms with Gasteiger partial charge >= 0.3 is 5.97 Å². The van der Waals surface area contributed by atoms with E-state index in [1.54, 1.807) is 6.92 Å². The Labute approximate surface area is 88.3 Å². The largest absolute Gasteiger partial charge is 0.463 e. The van der Waals surface area contributed by atoms with Crippen molar-refractivity contribution in [3.05, 3.63) is 11.3 Å². The van der Waals surface area contributed by atoms with Crippen molar-refractivity contribution in [3.8, 4) is 0 Å². The summed E-state index contributed by atoms with van der Waals surface area (Å²) >= 11 is 0. The van der Waals surface area contributed by atoms with E-state index in [9.17, 15) is 14.4 Å². The number of esters is 1. The number of hydrogen-bond acceptors (Lipinski definition) is 5. The number of ether oxygens (including phenoxy) is 1. The van der Waals surface area contributed by atoms with Crippen LogP contribution in [0.1, 0.15) is 27.2 Å². The Morgan fingerprint density at radius 3 is 2.13 bits per heavy atom. The third-order valence-corrected chi connectivity index (χ3v) is 1.70. The van der Waals surface area contributed by atoms with Crippen molar-refractivity contribution < 1.29 is 19.1 Å². The number of nitrogens with two attached hydrogens (primary N) is 1. The molecular formula is C10H15NO4. The molecule has 0 aliphatic carbocycles. The Balaban J connectivity index is 4.70. The molecule has 0 heterocycles. The highest BCUT2D eigenvalue weighted by Crippen LogP contribution is 2.04. The van der Waals surface area contributed by atoms with Gasteiger partial charge in [0.05, 0.1) is 24.3 Å². The summed E-state index contributed by atoms with van der Waals surface area (Å²) in [6.07, 6.45) is -0.289. The van der Waals surface area contributed by atoms with Gasteiger partial charge in [-0.15, -0.1) is 0 Å². The summed E-state index contributed by atoms with van der Waals surface area (Å²) in [5.41, 5.74) is 5.26. The quantitative estimate of drug-likeness (QED) is 0.404. The fraction of sp³-hybridized carbons (Fsp3) is 0.500. The molecule has 15 heavy (non-hydrogen) atoms. The lowest BCUT2D eigenvalue weighted by Gasteiger charge is -2.05. The molecule has 5 heteroatoms. The number of allylic oxidation sites excluding steroid dienone is 1. The fourth-order valence-corrected chi connectivity index (χ4v) is 0.880. The molecule has 0 unspecified atom stereocenters. The molecule has 2 N–H and O–H groups in total. The summed E-state index contributed by atoms with van der Waals surface area (Å²) < 4.78 is 4.67. The van der Waals surface area contributed by atoms with Gasteiger partial charge in [-0.05, 0) is 20.8 Å². The number of rotatable bonds is 5. The molecular weight excluding hydrogens is 198 g/mol. The van der Waals surface area contributed by atoms with Gasteiger partial charge in [-0.3, -0.25) is 9.59 Å². The Morgan fingerprint density at radius 2 is 1.73 bits per heavy atom. The summed E-state index contributed by atoms with van der Waals surface area (Å²) in [5.74, 6) is -1.47. The van der Waals surface area contributed by atoms with Gasteiger partial charge in [0.1, 0.15) is 5.78 Å².